The van der Waals surface area contributed by atoms with Crippen molar-refractivity contribution in [3.63, 3.8) is 0 Å². The van der Waals surface area contributed by atoms with E-state index in [9.17, 15) is 13.2 Å². The number of halogens is 3. The van der Waals surface area contributed by atoms with E-state index < -0.39 is 14.4 Å². The van der Waals surface area contributed by atoms with Crippen LogP contribution < -0.4 is 14.7 Å². The van der Waals surface area contributed by atoms with Crippen molar-refractivity contribution < 1.29 is 22.6 Å². The van der Waals surface area contributed by atoms with Crippen LogP contribution in [0.15, 0.2) is 54.6 Å². The van der Waals surface area contributed by atoms with Crippen molar-refractivity contribution in [2.45, 2.75) is 76.4 Å². The standard InChI is InChI=1S/C28H37F3O2Si/c1-2-18-34(27-6-4-3-5-7-27)19-16-24(17-20-34)23-10-8-22(9-11-23)21-32-25-12-14-26(15-13-25)33-28(29,30)31/h3-7,12-15,22-24H,2,8-11,16-21H2,1H3. The SMILES string of the molecule is CCC[Si]1(c2ccccc2)CCC(C2CCC(COc3ccc(OC(F)(F)F)cc3)CC2)CC1. The van der Waals surface area contributed by atoms with Gasteiger partial charge >= 0.3 is 6.36 Å². The molecule has 2 nitrogen and oxygen atoms in total. The molecule has 2 fully saturated rings. The summed E-state index contributed by atoms with van der Waals surface area (Å²) in [7, 11) is -1.34. The monoisotopic (exact) mass is 490 g/mol. The summed E-state index contributed by atoms with van der Waals surface area (Å²) in [6.45, 7) is 2.98. The van der Waals surface area contributed by atoms with Gasteiger partial charge in [-0.1, -0.05) is 79.8 Å². The Kier molecular flexibility index (Phi) is 8.28. The summed E-state index contributed by atoms with van der Waals surface area (Å²) >= 11 is 0. The molecule has 0 spiro atoms. The molecule has 4 rings (SSSR count). The van der Waals surface area contributed by atoms with Gasteiger partial charge in [-0.05, 0) is 67.7 Å². The minimum absolute atomic E-state index is 0.217. The number of ether oxygens (including phenoxy) is 2. The van der Waals surface area contributed by atoms with Crippen LogP contribution in [0.2, 0.25) is 18.1 Å². The van der Waals surface area contributed by atoms with Gasteiger partial charge in [0.05, 0.1) is 14.7 Å². The molecule has 34 heavy (non-hydrogen) atoms. The van der Waals surface area contributed by atoms with Gasteiger partial charge in [-0.3, -0.25) is 0 Å². The fourth-order valence-corrected chi connectivity index (χ4v) is 11.7. The lowest BCUT2D eigenvalue weighted by Gasteiger charge is -2.43. The molecule has 0 bridgehead atoms. The second-order valence-electron chi connectivity index (χ2n) is 10.3. The van der Waals surface area contributed by atoms with E-state index in [0.29, 0.717) is 18.3 Å². The Morgan fingerprint density at radius 3 is 1.97 bits per heavy atom. The number of hydrogen-bond acceptors (Lipinski definition) is 2. The average molecular weight is 491 g/mol. The van der Waals surface area contributed by atoms with E-state index in [1.54, 1.807) is 17.3 Å². The third-order valence-electron chi connectivity index (χ3n) is 8.20. The molecule has 0 unspecified atom stereocenters. The Morgan fingerprint density at radius 1 is 0.794 bits per heavy atom. The molecule has 186 valence electrons. The second-order valence-corrected chi connectivity index (χ2v) is 15.0. The summed E-state index contributed by atoms with van der Waals surface area (Å²) in [5.41, 5.74) is 0. The largest absolute Gasteiger partial charge is 0.573 e. The zero-order valence-electron chi connectivity index (χ0n) is 20.2. The Bertz CT molecular complexity index is 869. The zero-order valence-corrected chi connectivity index (χ0v) is 21.2. The topological polar surface area (TPSA) is 18.5 Å². The Labute approximate surface area is 202 Å². The van der Waals surface area contributed by atoms with E-state index >= 15 is 0 Å². The molecule has 2 aromatic carbocycles. The third-order valence-corrected chi connectivity index (χ3v) is 13.7. The summed E-state index contributed by atoms with van der Waals surface area (Å²) in [6.07, 6.45) is 4.38. The highest BCUT2D eigenvalue weighted by molar-refractivity contribution is 6.92. The molecule has 6 heteroatoms. The molecule has 1 heterocycles. The molecule has 0 N–H and O–H groups in total. The highest BCUT2D eigenvalue weighted by atomic mass is 28.3. The molecule has 0 aromatic heterocycles. The smallest absolute Gasteiger partial charge is 0.493 e. The Hall–Kier alpha value is -1.95. The summed E-state index contributed by atoms with van der Waals surface area (Å²) in [5.74, 6) is 2.64. The fraction of sp³-hybridized carbons (Fsp3) is 0.571. The van der Waals surface area contributed by atoms with Gasteiger partial charge in [0.2, 0.25) is 0 Å². The molecule has 0 atom stereocenters. The van der Waals surface area contributed by atoms with Gasteiger partial charge in [0.25, 0.3) is 0 Å². The third kappa shape index (κ3) is 6.59. The van der Waals surface area contributed by atoms with E-state index in [1.807, 2.05) is 0 Å². The molecular formula is C28H37F3O2Si. The van der Waals surface area contributed by atoms with Crippen molar-refractivity contribution in [3.8, 4) is 11.5 Å². The average Bonchev–Trinajstić information content (AvgIpc) is 2.84. The van der Waals surface area contributed by atoms with Crippen molar-refractivity contribution in [1.82, 2.24) is 0 Å². The van der Waals surface area contributed by atoms with E-state index in [0.717, 1.165) is 11.8 Å². The van der Waals surface area contributed by atoms with Crippen molar-refractivity contribution in [2.75, 3.05) is 6.61 Å². The molecule has 2 aliphatic rings. The lowest BCUT2D eigenvalue weighted by atomic mass is 9.74. The highest BCUT2D eigenvalue weighted by Gasteiger charge is 2.40. The minimum atomic E-state index is -4.67. The summed E-state index contributed by atoms with van der Waals surface area (Å²) < 4.78 is 46.7. The molecule has 1 saturated carbocycles. The van der Waals surface area contributed by atoms with Crippen LogP contribution in [0, 0.1) is 17.8 Å². The lowest BCUT2D eigenvalue weighted by molar-refractivity contribution is -0.274. The summed E-state index contributed by atoms with van der Waals surface area (Å²) in [5, 5.41) is 1.68. The normalized spacial score (nSPS) is 27.8. The molecule has 1 aliphatic carbocycles. The van der Waals surface area contributed by atoms with E-state index in [4.69, 9.17) is 4.74 Å². The van der Waals surface area contributed by atoms with Crippen LogP contribution in [0.4, 0.5) is 13.2 Å². The van der Waals surface area contributed by atoms with Gasteiger partial charge in [0.15, 0.2) is 0 Å². The first-order valence-electron chi connectivity index (χ1n) is 12.9. The lowest BCUT2D eigenvalue weighted by Crippen LogP contribution is -2.50. The molecule has 1 saturated heterocycles. The van der Waals surface area contributed by atoms with Gasteiger partial charge in [0, 0.05) is 0 Å². The first-order valence-corrected chi connectivity index (χ1v) is 15.5. The predicted molar refractivity (Wildman–Crippen MR) is 133 cm³/mol. The van der Waals surface area contributed by atoms with Crippen LogP contribution in [0.5, 0.6) is 11.5 Å². The number of alkyl halides is 3. The number of hydrogen-bond donors (Lipinski definition) is 0. The molecule has 0 radical (unpaired) electrons. The molecule has 0 amide bonds. The van der Waals surface area contributed by atoms with Crippen LogP contribution in [-0.2, 0) is 0 Å². The van der Waals surface area contributed by atoms with Gasteiger partial charge in [-0.25, -0.2) is 0 Å². The minimum Gasteiger partial charge on any atom is -0.493 e. The Balaban J connectivity index is 1.22. The van der Waals surface area contributed by atoms with E-state index in [-0.39, 0.29) is 5.75 Å². The molecular weight excluding hydrogens is 453 g/mol. The van der Waals surface area contributed by atoms with Crippen molar-refractivity contribution in [1.29, 1.82) is 0 Å². The van der Waals surface area contributed by atoms with Crippen LogP contribution in [0.25, 0.3) is 0 Å². The predicted octanol–water partition coefficient (Wildman–Crippen LogP) is 7.95. The second kappa shape index (κ2) is 11.2. The van der Waals surface area contributed by atoms with Crippen LogP contribution in [-0.4, -0.2) is 21.0 Å². The van der Waals surface area contributed by atoms with E-state index in [1.165, 1.54) is 75.2 Å². The first-order chi connectivity index (χ1) is 16.4. The summed E-state index contributed by atoms with van der Waals surface area (Å²) in [6, 6.07) is 21.4. The Morgan fingerprint density at radius 2 is 1.38 bits per heavy atom. The van der Waals surface area contributed by atoms with Gasteiger partial charge in [-0.2, -0.15) is 0 Å². The van der Waals surface area contributed by atoms with Crippen molar-refractivity contribution in [2.24, 2.45) is 17.8 Å². The van der Waals surface area contributed by atoms with Crippen LogP contribution in [0.3, 0.4) is 0 Å². The molecule has 1 aliphatic heterocycles. The zero-order chi connectivity index (χ0) is 24.0. The first kappa shape index (κ1) is 25.1. The number of rotatable bonds is 8. The van der Waals surface area contributed by atoms with E-state index in [2.05, 4.69) is 42.0 Å². The maximum atomic E-state index is 12.3. The fourth-order valence-electron chi connectivity index (χ4n) is 6.40. The van der Waals surface area contributed by atoms with Gasteiger partial charge in [0.1, 0.15) is 11.5 Å². The van der Waals surface area contributed by atoms with Gasteiger partial charge in [-0.15, -0.1) is 13.2 Å². The van der Waals surface area contributed by atoms with Gasteiger partial charge < -0.3 is 9.47 Å². The van der Waals surface area contributed by atoms with Crippen LogP contribution >= 0.6 is 0 Å². The number of benzene rings is 2. The highest BCUT2D eigenvalue weighted by Crippen LogP contribution is 2.44. The van der Waals surface area contributed by atoms with Crippen LogP contribution in [0.1, 0.15) is 51.9 Å². The maximum absolute atomic E-state index is 12.3. The molecule has 2 aromatic rings. The van der Waals surface area contributed by atoms with Crippen molar-refractivity contribution >= 4 is 13.3 Å². The summed E-state index contributed by atoms with van der Waals surface area (Å²) in [4.78, 5) is 0. The van der Waals surface area contributed by atoms with Crippen molar-refractivity contribution in [3.05, 3.63) is 54.6 Å². The quantitative estimate of drug-likeness (QED) is 0.350. The maximum Gasteiger partial charge on any atom is 0.573 e.